The van der Waals surface area contributed by atoms with E-state index < -0.39 is 12.0 Å². The van der Waals surface area contributed by atoms with Gasteiger partial charge in [-0.2, -0.15) is 4.39 Å². The summed E-state index contributed by atoms with van der Waals surface area (Å²) in [7, 11) is 0. The molecule has 0 bridgehead atoms. The quantitative estimate of drug-likeness (QED) is 0.456. The molecule has 0 unspecified atom stereocenters. The Kier molecular flexibility index (Phi) is 6.36. The van der Waals surface area contributed by atoms with Gasteiger partial charge in [0.25, 0.3) is 0 Å². The van der Waals surface area contributed by atoms with Crippen molar-refractivity contribution in [1.29, 1.82) is 0 Å². The van der Waals surface area contributed by atoms with Crippen molar-refractivity contribution in [2.45, 2.75) is 25.8 Å². The van der Waals surface area contributed by atoms with Crippen molar-refractivity contribution in [2.24, 2.45) is 0 Å². The molecule has 148 valence electrons. The van der Waals surface area contributed by atoms with Crippen LogP contribution in [0, 0.1) is 11.8 Å². The van der Waals surface area contributed by atoms with Crippen molar-refractivity contribution in [3.05, 3.63) is 54.0 Å². The summed E-state index contributed by atoms with van der Waals surface area (Å²) in [5.41, 5.74) is 7.65. The fraction of sp³-hybridized carbons (Fsp3) is 0.316. The van der Waals surface area contributed by atoms with Gasteiger partial charge in [0, 0.05) is 19.2 Å². The number of fused-ring (bicyclic) bond motifs is 1. The molecule has 0 aliphatic carbocycles. The summed E-state index contributed by atoms with van der Waals surface area (Å²) < 4.78 is 33.1. The molecule has 9 heteroatoms. The van der Waals surface area contributed by atoms with E-state index in [0.29, 0.717) is 37.0 Å². The highest BCUT2D eigenvalue weighted by molar-refractivity contribution is 5.84. The summed E-state index contributed by atoms with van der Waals surface area (Å²) in [5, 5.41) is 2.65. The predicted octanol–water partition coefficient (Wildman–Crippen LogP) is 3.04. The number of ether oxygens (including phenoxy) is 1. The number of rotatable bonds is 8. The van der Waals surface area contributed by atoms with Gasteiger partial charge < -0.3 is 20.4 Å². The molecule has 1 aromatic carbocycles. The maximum atomic E-state index is 13.4. The zero-order valence-corrected chi connectivity index (χ0v) is 15.2. The van der Waals surface area contributed by atoms with Gasteiger partial charge in [0.2, 0.25) is 5.95 Å². The molecule has 1 amide bonds. The third-order valence-corrected chi connectivity index (χ3v) is 4.23. The van der Waals surface area contributed by atoms with Crippen LogP contribution in [0.15, 0.2) is 36.7 Å². The zero-order chi connectivity index (χ0) is 19.9. The summed E-state index contributed by atoms with van der Waals surface area (Å²) in [4.78, 5) is 19.3. The predicted molar refractivity (Wildman–Crippen MR) is 101 cm³/mol. The number of nitrogens with one attached hydrogen (secondary N) is 1. The van der Waals surface area contributed by atoms with Crippen LogP contribution in [-0.4, -0.2) is 33.8 Å². The highest BCUT2D eigenvalue weighted by atomic mass is 19.1. The van der Waals surface area contributed by atoms with Gasteiger partial charge in [0.05, 0.1) is 18.5 Å². The second kappa shape index (κ2) is 9.12. The molecular formula is C19H21F2N5O2. The van der Waals surface area contributed by atoms with Crippen LogP contribution in [0.4, 0.5) is 19.4 Å². The number of anilines is 1. The molecule has 0 aliphatic heterocycles. The first kappa shape index (κ1) is 19.5. The summed E-state index contributed by atoms with van der Waals surface area (Å²) >= 11 is 0. The molecule has 7 nitrogen and oxygen atoms in total. The fourth-order valence-electron chi connectivity index (χ4n) is 2.79. The van der Waals surface area contributed by atoms with Crippen LogP contribution in [0.5, 0.6) is 0 Å². The number of hydrogen-bond donors (Lipinski definition) is 2. The number of aryl methyl sites for hydroxylation is 1. The molecule has 3 aromatic rings. The minimum absolute atomic E-state index is 0.0643. The van der Waals surface area contributed by atoms with Crippen LogP contribution in [-0.2, 0) is 17.7 Å². The van der Waals surface area contributed by atoms with Crippen molar-refractivity contribution in [3.8, 4) is 0 Å². The van der Waals surface area contributed by atoms with Gasteiger partial charge in [-0.05, 0) is 37.0 Å². The molecule has 2 heterocycles. The average molecular weight is 389 g/mol. The lowest BCUT2D eigenvalue weighted by Gasteiger charge is -2.08. The number of carbonyl (C=O) groups excluding carboxylic acids is 1. The Hall–Kier alpha value is -3.23. The molecule has 0 saturated carbocycles. The third-order valence-electron chi connectivity index (χ3n) is 4.23. The van der Waals surface area contributed by atoms with Crippen LogP contribution < -0.4 is 11.1 Å². The number of nitrogens with zero attached hydrogens (tertiary/aromatic N) is 3. The van der Waals surface area contributed by atoms with Crippen LogP contribution in [0.25, 0.3) is 11.0 Å². The largest absolute Gasteiger partial charge is 0.450 e. The van der Waals surface area contributed by atoms with Crippen molar-refractivity contribution in [2.75, 3.05) is 18.9 Å². The molecule has 3 rings (SSSR count). The van der Waals surface area contributed by atoms with Crippen LogP contribution in [0.1, 0.15) is 18.4 Å². The Balaban J connectivity index is 1.33. The molecule has 2 aromatic heterocycles. The van der Waals surface area contributed by atoms with Gasteiger partial charge >= 0.3 is 6.09 Å². The minimum atomic E-state index is -0.646. The van der Waals surface area contributed by atoms with Crippen LogP contribution in [0.2, 0.25) is 0 Å². The summed E-state index contributed by atoms with van der Waals surface area (Å²) in [6.45, 7) is 1.27. The normalized spacial score (nSPS) is 10.9. The number of nitrogens with two attached hydrogens (primary N) is 1. The molecule has 0 fully saturated rings. The molecule has 0 spiro atoms. The number of benzene rings is 1. The van der Waals surface area contributed by atoms with Gasteiger partial charge in [-0.25, -0.2) is 19.2 Å². The molecule has 0 radical (unpaired) electrons. The number of aromatic nitrogens is 3. The molecule has 28 heavy (non-hydrogen) atoms. The molecule has 0 saturated heterocycles. The number of alkyl carbamates (subject to hydrolysis) is 1. The van der Waals surface area contributed by atoms with E-state index in [1.54, 1.807) is 23.0 Å². The number of carbonyl (C=O) groups is 1. The van der Waals surface area contributed by atoms with E-state index in [-0.39, 0.29) is 18.2 Å². The van der Waals surface area contributed by atoms with Gasteiger partial charge in [0.1, 0.15) is 11.3 Å². The van der Waals surface area contributed by atoms with Crippen molar-refractivity contribution in [1.82, 2.24) is 19.9 Å². The Morgan fingerprint density at radius 2 is 2.00 bits per heavy atom. The molecule has 0 atom stereocenters. The zero-order valence-electron chi connectivity index (χ0n) is 15.2. The smallest absolute Gasteiger partial charge is 0.407 e. The number of imidazole rings is 1. The summed E-state index contributed by atoms with van der Waals surface area (Å²) in [5.74, 6) is -0.869. The van der Waals surface area contributed by atoms with E-state index in [9.17, 15) is 13.6 Å². The Morgan fingerprint density at radius 1 is 1.21 bits per heavy atom. The lowest BCUT2D eigenvalue weighted by molar-refractivity contribution is 0.144. The van der Waals surface area contributed by atoms with Gasteiger partial charge in [-0.15, -0.1) is 0 Å². The summed E-state index contributed by atoms with van der Waals surface area (Å²) in [6, 6.07) is 7.42. The van der Waals surface area contributed by atoms with Crippen molar-refractivity contribution in [3.63, 3.8) is 0 Å². The van der Waals surface area contributed by atoms with E-state index in [1.807, 2.05) is 0 Å². The number of unbranched alkanes of at least 4 members (excludes halogenated alkanes) is 1. The van der Waals surface area contributed by atoms with Crippen LogP contribution >= 0.6 is 0 Å². The number of pyridine rings is 1. The Bertz CT molecular complexity index is 943. The highest BCUT2D eigenvalue weighted by Crippen LogP contribution is 2.19. The SMILES string of the molecule is Nc1nc(F)cc2c1ncn2CCCCOC(=O)NCCc1ccc(F)cc1. The Labute approximate surface area is 160 Å². The highest BCUT2D eigenvalue weighted by Gasteiger charge is 2.09. The first-order chi connectivity index (χ1) is 13.5. The van der Waals surface area contributed by atoms with E-state index in [4.69, 9.17) is 10.5 Å². The third kappa shape index (κ3) is 5.15. The number of amides is 1. The van der Waals surface area contributed by atoms with E-state index >= 15 is 0 Å². The van der Waals surface area contributed by atoms with E-state index in [0.717, 1.165) is 12.0 Å². The maximum absolute atomic E-state index is 13.4. The topological polar surface area (TPSA) is 95.1 Å². The molecular weight excluding hydrogens is 368 g/mol. The van der Waals surface area contributed by atoms with Crippen molar-refractivity contribution < 1.29 is 18.3 Å². The lowest BCUT2D eigenvalue weighted by Crippen LogP contribution is -2.26. The second-order valence-corrected chi connectivity index (χ2v) is 6.28. The maximum Gasteiger partial charge on any atom is 0.407 e. The minimum Gasteiger partial charge on any atom is -0.450 e. The fourth-order valence-corrected chi connectivity index (χ4v) is 2.79. The standard InChI is InChI=1S/C19H21F2N5O2/c20-14-5-3-13(4-6-14)7-8-23-19(27)28-10-2-1-9-26-12-24-17-15(26)11-16(21)25-18(17)22/h3-6,11-12H,1-2,7-10H2,(H2,22,25)(H,23,27). The van der Waals surface area contributed by atoms with Gasteiger partial charge in [-0.3, -0.25) is 0 Å². The number of hydrogen-bond acceptors (Lipinski definition) is 5. The first-order valence-electron chi connectivity index (χ1n) is 8.95. The lowest BCUT2D eigenvalue weighted by atomic mass is 10.1. The summed E-state index contributed by atoms with van der Waals surface area (Å²) in [6.07, 6.45) is 3.06. The van der Waals surface area contributed by atoms with Gasteiger partial charge in [0.15, 0.2) is 5.82 Å². The Morgan fingerprint density at radius 3 is 2.79 bits per heavy atom. The number of nitrogen functional groups attached to an aromatic ring is 1. The average Bonchev–Trinajstić information content (AvgIpc) is 3.06. The first-order valence-corrected chi connectivity index (χ1v) is 8.95. The van der Waals surface area contributed by atoms with Crippen LogP contribution in [0.3, 0.4) is 0 Å². The van der Waals surface area contributed by atoms with E-state index in [1.165, 1.54) is 18.2 Å². The monoisotopic (exact) mass is 389 g/mol. The van der Waals surface area contributed by atoms with Crippen molar-refractivity contribution >= 4 is 22.9 Å². The molecule has 3 N–H and O–H groups in total. The van der Waals surface area contributed by atoms with Gasteiger partial charge in [-0.1, -0.05) is 12.1 Å². The molecule has 0 aliphatic rings. The second-order valence-electron chi connectivity index (χ2n) is 6.28. The van der Waals surface area contributed by atoms with E-state index in [2.05, 4.69) is 15.3 Å². The number of halogens is 2.